The Kier molecular flexibility index (Phi) is 7.19. The minimum Gasteiger partial charge on any atom is -0.368 e. The first kappa shape index (κ1) is 25.1. The average molecular weight is 493 g/mol. The van der Waals surface area contributed by atoms with Crippen molar-refractivity contribution in [2.45, 2.75) is 45.2 Å². The van der Waals surface area contributed by atoms with Crippen LogP contribution in [0.5, 0.6) is 0 Å². The van der Waals surface area contributed by atoms with Crippen molar-refractivity contribution in [3.63, 3.8) is 0 Å². The number of nitrogens with one attached hydrogen (secondary N) is 1. The maximum absolute atomic E-state index is 13.7. The van der Waals surface area contributed by atoms with E-state index in [1.165, 1.54) is 24.4 Å². The zero-order valence-electron chi connectivity index (χ0n) is 20.1. The van der Waals surface area contributed by atoms with Gasteiger partial charge in [0.2, 0.25) is 5.95 Å². The fourth-order valence-corrected chi connectivity index (χ4v) is 4.34. The molecule has 6 nitrogen and oxygen atoms in total. The summed E-state index contributed by atoms with van der Waals surface area (Å²) < 4.78 is 41.2. The van der Waals surface area contributed by atoms with E-state index in [1.54, 1.807) is 0 Å². The van der Waals surface area contributed by atoms with E-state index in [4.69, 9.17) is 5.73 Å². The van der Waals surface area contributed by atoms with Crippen LogP contribution in [0.2, 0.25) is 0 Å². The third-order valence-electron chi connectivity index (χ3n) is 6.07. The highest BCUT2D eigenvalue weighted by Crippen LogP contribution is 2.37. The van der Waals surface area contributed by atoms with E-state index >= 15 is 0 Å². The number of aromatic nitrogens is 4. The number of nitrogen functional groups attached to an aromatic ring is 1. The molecular weight excluding hydrogens is 465 g/mol. The quantitative estimate of drug-likeness (QED) is 0.274. The largest absolute Gasteiger partial charge is 0.417 e. The number of halogens is 3. The maximum atomic E-state index is 13.7. The highest BCUT2D eigenvalue weighted by Gasteiger charge is 2.34. The van der Waals surface area contributed by atoms with Gasteiger partial charge in [0, 0.05) is 23.0 Å². The number of alkyl halides is 3. The summed E-state index contributed by atoms with van der Waals surface area (Å²) in [6.45, 7) is 8.52. The molecule has 0 radical (unpaired) electrons. The topological polar surface area (TPSA) is 89.6 Å². The smallest absolute Gasteiger partial charge is 0.368 e. The van der Waals surface area contributed by atoms with Crippen LogP contribution in [0.25, 0.3) is 28.1 Å². The van der Waals surface area contributed by atoms with Crippen molar-refractivity contribution in [2.75, 3.05) is 11.1 Å². The lowest BCUT2D eigenvalue weighted by atomic mass is 9.88. The van der Waals surface area contributed by atoms with Gasteiger partial charge in [-0.05, 0) is 30.4 Å². The molecule has 2 aromatic heterocycles. The molecular formula is C27H27F3N6. The zero-order valence-corrected chi connectivity index (χ0v) is 20.1. The number of fused-ring (bicyclic) bond motifs is 1. The highest BCUT2D eigenvalue weighted by atomic mass is 19.4. The van der Waals surface area contributed by atoms with Gasteiger partial charge in [-0.25, -0.2) is 15.0 Å². The summed E-state index contributed by atoms with van der Waals surface area (Å²) in [5.41, 5.74) is 7.51. The van der Waals surface area contributed by atoms with E-state index < -0.39 is 11.7 Å². The molecule has 0 aliphatic heterocycles. The van der Waals surface area contributed by atoms with E-state index in [1.807, 2.05) is 18.2 Å². The lowest BCUT2D eigenvalue weighted by Crippen LogP contribution is -2.10. The van der Waals surface area contributed by atoms with Gasteiger partial charge in [-0.15, -0.1) is 0 Å². The van der Waals surface area contributed by atoms with Crippen LogP contribution in [0.4, 0.5) is 24.9 Å². The molecule has 186 valence electrons. The van der Waals surface area contributed by atoms with Gasteiger partial charge in [-0.1, -0.05) is 69.3 Å². The van der Waals surface area contributed by atoms with Crippen LogP contribution >= 0.6 is 0 Å². The lowest BCUT2D eigenvalue weighted by molar-refractivity contribution is -0.137. The minimum absolute atomic E-state index is 0.0447. The summed E-state index contributed by atoms with van der Waals surface area (Å²) in [5, 5.41) is 3.62. The van der Waals surface area contributed by atoms with Gasteiger partial charge in [0.25, 0.3) is 0 Å². The molecule has 0 spiro atoms. The second kappa shape index (κ2) is 10.3. The summed E-state index contributed by atoms with van der Waals surface area (Å²) in [7, 11) is 0. The van der Waals surface area contributed by atoms with Gasteiger partial charge >= 0.3 is 6.18 Å². The summed E-state index contributed by atoms with van der Waals surface area (Å²) >= 11 is 0. The molecule has 9 heteroatoms. The highest BCUT2D eigenvalue weighted by molar-refractivity contribution is 5.92. The SMILES string of the molecule is C=C(Nc1nc(-c2ccccc2C(F)(F)F)nc2nc(N)ncc12)c1ccccc1C(CC)CCC. The fraction of sp³-hybridized carbons (Fsp3) is 0.259. The summed E-state index contributed by atoms with van der Waals surface area (Å²) in [5.74, 6) is 0.422. The molecule has 0 saturated heterocycles. The number of benzene rings is 2. The van der Waals surface area contributed by atoms with E-state index in [0.717, 1.165) is 36.5 Å². The second-order valence-electron chi connectivity index (χ2n) is 8.49. The van der Waals surface area contributed by atoms with E-state index in [0.29, 0.717) is 17.0 Å². The van der Waals surface area contributed by atoms with Gasteiger partial charge in [0.05, 0.1) is 10.9 Å². The van der Waals surface area contributed by atoms with Crippen molar-refractivity contribution in [3.05, 3.63) is 78.0 Å². The molecule has 36 heavy (non-hydrogen) atoms. The summed E-state index contributed by atoms with van der Waals surface area (Å²) in [6.07, 6.45) is -0.0818. The number of anilines is 2. The van der Waals surface area contributed by atoms with Crippen LogP contribution in [-0.2, 0) is 6.18 Å². The number of rotatable bonds is 8. The first-order valence-electron chi connectivity index (χ1n) is 11.7. The Morgan fingerprint density at radius 2 is 1.75 bits per heavy atom. The molecule has 0 saturated carbocycles. The van der Waals surface area contributed by atoms with Crippen molar-refractivity contribution in [1.82, 2.24) is 19.9 Å². The minimum atomic E-state index is -4.58. The summed E-state index contributed by atoms with van der Waals surface area (Å²) in [6, 6.07) is 13.1. The van der Waals surface area contributed by atoms with Crippen LogP contribution in [0.1, 0.15) is 55.7 Å². The molecule has 0 amide bonds. The average Bonchev–Trinajstić information content (AvgIpc) is 2.86. The van der Waals surface area contributed by atoms with Gasteiger partial charge in [0.15, 0.2) is 11.5 Å². The van der Waals surface area contributed by atoms with Crippen LogP contribution < -0.4 is 11.1 Å². The van der Waals surface area contributed by atoms with E-state index in [9.17, 15) is 13.2 Å². The van der Waals surface area contributed by atoms with E-state index in [-0.39, 0.29) is 28.8 Å². The number of nitrogens with two attached hydrogens (primary N) is 1. The zero-order chi connectivity index (χ0) is 25.9. The van der Waals surface area contributed by atoms with Gasteiger partial charge < -0.3 is 11.1 Å². The standard InChI is InChI=1S/C27H27F3N6/c1-4-10-17(5-2)19-12-7-6-11-18(19)16(3)33-24-21-15-32-26(31)36-25(21)35-23(34-24)20-13-8-9-14-22(20)27(28,29)30/h6-9,11-15,17H,3-5,10H2,1-2H3,(H3,31,32,33,34,35,36). The molecule has 3 N–H and O–H groups in total. The molecule has 2 heterocycles. The monoisotopic (exact) mass is 492 g/mol. The van der Waals surface area contributed by atoms with Crippen molar-refractivity contribution in [2.24, 2.45) is 0 Å². The normalized spacial score (nSPS) is 12.5. The van der Waals surface area contributed by atoms with Gasteiger partial charge in [0.1, 0.15) is 5.82 Å². The van der Waals surface area contributed by atoms with Gasteiger partial charge in [-0.3, -0.25) is 0 Å². The number of hydrogen-bond donors (Lipinski definition) is 2. The van der Waals surface area contributed by atoms with Crippen LogP contribution in [0.15, 0.2) is 61.3 Å². The molecule has 1 atom stereocenters. The molecule has 0 fully saturated rings. The van der Waals surface area contributed by atoms with Crippen molar-refractivity contribution in [3.8, 4) is 11.4 Å². The van der Waals surface area contributed by atoms with Gasteiger partial charge in [-0.2, -0.15) is 18.2 Å². The predicted molar refractivity (Wildman–Crippen MR) is 137 cm³/mol. The Labute approximate surface area is 207 Å². The molecule has 2 aromatic carbocycles. The third kappa shape index (κ3) is 5.15. The molecule has 0 bridgehead atoms. The van der Waals surface area contributed by atoms with Crippen LogP contribution in [0, 0.1) is 0 Å². The first-order valence-corrected chi connectivity index (χ1v) is 11.7. The molecule has 4 aromatic rings. The van der Waals surface area contributed by atoms with Crippen LogP contribution in [-0.4, -0.2) is 19.9 Å². The fourth-order valence-electron chi connectivity index (χ4n) is 4.34. The van der Waals surface area contributed by atoms with Crippen molar-refractivity contribution >= 4 is 28.5 Å². The van der Waals surface area contributed by atoms with Crippen LogP contribution in [0.3, 0.4) is 0 Å². The second-order valence-corrected chi connectivity index (χ2v) is 8.49. The number of hydrogen-bond acceptors (Lipinski definition) is 6. The predicted octanol–water partition coefficient (Wildman–Crippen LogP) is 7.06. The van der Waals surface area contributed by atoms with Crippen molar-refractivity contribution in [1.29, 1.82) is 0 Å². The number of nitrogens with zero attached hydrogens (tertiary/aromatic N) is 4. The first-order chi connectivity index (χ1) is 17.2. The maximum Gasteiger partial charge on any atom is 0.417 e. The molecule has 4 rings (SSSR count). The summed E-state index contributed by atoms with van der Waals surface area (Å²) in [4.78, 5) is 16.9. The lowest BCUT2D eigenvalue weighted by Gasteiger charge is -2.21. The molecule has 0 aliphatic carbocycles. The third-order valence-corrected chi connectivity index (χ3v) is 6.07. The Hall–Kier alpha value is -4.01. The Bertz CT molecular complexity index is 1400. The Morgan fingerprint density at radius 1 is 1.03 bits per heavy atom. The Balaban J connectivity index is 1.83. The molecule has 1 unspecified atom stereocenters. The van der Waals surface area contributed by atoms with Crippen molar-refractivity contribution < 1.29 is 13.2 Å². The Morgan fingerprint density at radius 3 is 2.47 bits per heavy atom. The van der Waals surface area contributed by atoms with E-state index in [2.05, 4.69) is 51.7 Å². The molecule has 0 aliphatic rings.